The molecule has 1 saturated heterocycles. The fraction of sp³-hybridized carbons (Fsp3) is 0.136. The summed E-state index contributed by atoms with van der Waals surface area (Å²) in [6.45, 7) is 0.840. The first-order valence-electron chi connectivity index (χ1n) is 9.46. The molecule has 0 saturated carbocycles. The molecule has 0 bridgehead atoms. The molecule has 8 nitrogen and oxygen atoms in total. The van der Waals surface area contributed by atoms with Gasteiger partial charge in [-0.05, 0) is 54.6 Å². The van der Waals surface area contributed by atoms with E-state index in [-0.39, 0.29) is 12.1 Å². The number of halogens is 1. The Morgan fingerprint density at radius 2 is 1.87 bits per heavy atom. The molecule has 2 aromatic heterocycles. The Bertz CT molecular complexity index is 1130. The van der Waals surface area contributed by atoms with Crippen molar-refractivity contribution in [1.82, 2.24) is 14.8 Å². The second-order valence-corrected chi connectivity index (χ2v) is 7.63. The molecule has 9 heteroatoms. The summed E-state index contributed by atoms with van der Waals surface area (Å²) in [6.07, 6.45) is 4.75. The maximum absolute atomic E-state index is 12.8. The molecule has 1 N–H and O–H groups in total. The molecule has 3 heterocycles. The van der Waals surface area contributed by atoms with Gasteiger partial charge in [-0.2, -0.15) is 0 Å². The number of imide groups is 2. The smallest absolute Gasteiger partial charge is 0.331 e. The van der Waals surface area contributed by atoms with Crippen LogP contribution in [0.1, 0.15) is 11.5 Å². The highest BCUT2D eigenvalue weighted by Gasteiger charge is 2.36. The van der Waals surface area contributed by atoms with Crippen LogP contribution in [0.4, 0.5) is 4.79 Å². The van der Waals surface area contributed by atoms with Crippen LogP contribution in [0.5, 0.6) is 5.75 Å². The Balaban J connectivity index is 1.47. The number of urea groups is 1. The summed E-state index contributed by atoms with van der Waals surface area (Å²) in [7, 11) is 0. The average molecular weight is 484 g/mol. The van der Waals surface area contributed by atoms with Gasteiger partial charge < -0.3 is 13.7 Å². The first-order chi connectivity index (χ1) is 15.0. The number of barbiturate groups is 1. The summed E-state index contributed by atoms with van der Waals surface area (Å²) in [4.78, 5) is 38.2. The van der Waals surface area contributed by atoms with Crippen LogP contribution in [0.3, 0.4) is 0 Å². The molecule has 4 amide bonds. The predicted octanol–water partition coefficient (Wildman–Crippen LogP) is 3.58. The molecule has 1 aliphatic heterocycles. The summed E-state index contributed by atoms with van der Waals surface area (Å²) < 4.78 is 13.8. The highest BCUT2D eigenvalue weighted by molar-refractivity contribution is 9.10. The molecule has 1 aromatic carbocycles. The number of amides is 4. The molecule has 0 radical (unpaired) electrons. The van der Waals surface area contributed by atoms with Gasteiger partial charge in [0.1, 0.15) is 23.7 Å². The van der Waals surface area contributed by atoms with Gasteiger partial charge in [-0.25, -0.2) is 4.79 Å². The van der Waals surface area contributed by atoms with Gasteiger partial charge >= 0.3 is 6.03 Å². The minimum atomic E-state index is -0.776. The molecule has 3 aromatic rings. The number of furan rings is 1. The van der Waals surface area contributed by atoms with E-state index in [1.54, 1.807) is 18.2 Å². The molecule has 1 fully saturated rings. The average Bonchev–Trinajstić information content (AvgIpc) is 3.42. The van der Waals surface area contributed by atoms with Crippen molar-refractivity contribution in [3.05, 3.63) is 82.5 Å². The SMILES string of the molecule is O=C1NC(=O)N(Cc2ccco2)C(=O)/C1=C\c1cccn1CCOc1ccc(Br)cc1. The lowest BCUT2D eigenvalue weighted by molar-refractivity contribution is -0.130. The number of benzene rings is 1. The van der Waals surface area contributed by atoms with Crippen LogP contribution in [0, 0.1) is 0 Å². The van der Waals surface area contributed by atoms with Crippen LogP contribution in [0.25, 0.3) is 6.08 Å². The number of nitrogens with zero attached hydrogens (tertiary/aromatic N) is 2. The van der Waals surface area contributed by atoms with Crippen molar-refractivity contribution in [2.45, 2.75) is 13.1 Å². The second-order valence-electron chi connectivity index (χ2n) is 6.72. The number of nitrogens with one attached hydrogen (secondary N) is 1. The van der Waals surface area contributed by atoms with Crippen LogP contribution in [-0.2, 0) is 22.7 Å². The summed E-state index contributed by atoms with van der Waals surface area (Å²) in [6, 6.07) is 13.6. The highest BCUT2D eigenvalue weighted by Crippen LogP contribution is 2.19. The van der Waals surface area contributed by atoms with Crippen LogP contribution >= 0.6 is 15.9 Å². The molecule has 1 aliphatic rings. The molecule has 0 atom stereocenters. The first-order valence-corrected chi connectivity index (χ1v) is 10.3. The predicted molar refractivity (Wildman–Crippen MR) is 115 cm³/mol. The van der Waals surface area contributed by atoms with Crippen LogP contribution < -0.4 is 10.1 Å². The van der Waals surface area contributed by atoms with Gasteiger partial charge in [0.25, 0.3) is 11.8 Å². The fourth-order valence-corrected chi connectivity index (χ4v) is 3.36. The van der Waals surface area contributed by atoms with Gasteiger partial charge in [0.05, 0.1) is 19.4 Å². The third-order valence-corrected chi connectivity index (χ3v) is 5.18. The van der Waals surface area contributed by atoms with Crippen molar-refractivity contribution in [2.75, 3.05) is 6.61 Å². The van der Waals surface area contributed by atoms with Crippen LogP contribution in [0.2, 0.25) is 0 Å². The lowest BCUT2D eigenvalue weighted by Gasteiger charge is -2.25. The standard InChI is InChI=1S/C22H18BrN3O5/c23-15-5-7-17(8-6-15)31-12-10-25-9-1-3-16(25)13-19-20(27)24-22(29)26(21(19)28)14-18-4-2-11-30-18/h1-9,11,13H,10,12,14H2,(H,24,27,29)/b19-13-. The Hall–Kier alpha value is -3.59. The Morgan fingerprint density at radius 1 is 1.06 bits per heavy atom. The molecule has 4 rings (SSSR count). The third-order valence-electron chi connectivity index (χ3n) is 4.65. The minimum Gasteiger partial charge on any atom is -0.492 e. The number of hydrogen-bond acceptors (Lipinski definition) is 5. The van der Waals surface area contributed by atoms with Gasteiger partial charge in [-0.15, -0.1) is 0 Å². The number of hydrogen-bond donors (Lipinski definition) is 1. The van der Waals surface area contributed by atoms with Crippen molar-refractivity contribution in [3.63, 3.8) is 0 Å². The fourth-order valence-electron chi connectivity index (χ4n) is 3.10. The van der Waals surface area contributed by atoms with Gasteiger partial charge in [-0.3, -0.25) is 19.8 Å². The minimum absolute atomic E-state index is 0.0652. The quantitative estimate of drug-likeness (QED) is 0.409. The zero-order valence-corrected chi connectivity index (χ0v) is 17.9. The maximum Gasteiger partial charge on any atom is 0.331 e. The van der Waals surface area contributed by atoms with Gasteiger partial charge in [0, 0.05) is 16.4 Å². The molecule has 0 spiro atoms. The van der Waals surface area contributed by atoms with Gasteiger partial charge in [-0.1, -0.05) is 15.9 Å². The molecular formula is C22H18BrN3O5. The van der Waals surface area contributed by atoms with Crippen molar-refractivity contribution in [1.29, 1.82) is 0 Å². The molecule has 0 unspecified atom stereocenters. The maximum atomic E-state index is 12.8. The van der Waals surface area contributed by atoms with E-state index in [1.165, 1.54) is 12.3 Å². The molecular weight excluding hydrogens is 466 g/mol. The van der Waals surface area contributed by atoms with Crippen LogP contribution in [-0.4, -0.2) is 33.9 Å². The topological polar surface area (TPSA) is 93.8 Å². The van der Waals surface area contributed by atoms with Crippen molar-refractivity contribution in [2.24, 2.45) is 0 Å². The number of rotatable bonds is 7. The summed E-state index contributed by atoms with van der Waals surface area (Å²) in [5.41, 5.74) is 0.519. The monoisotopic (exact) mass is 483 g/mol. The van der Waals surface area contributed by atoms with E-state index >= 15 is 0 Å². The number of carbonyl (C=O) groups is 3. The van der Waals surface area contributed by atoms with Gasteiger partial charge in [0.2, 0.25) is 0 Å². The summed E-state index contributed by atoms with van der Waals surface area (Å²) in [5.74, 6) is -0.233. The van der Waals surface area contributed by atoms with E-state index < -0.39 is 17.8 Å². The van der Waals surface area contributed by atoms with Gasteiger partial charge in [0.15, 0.2) is 0 Å². The van der Waals surface area contributed by atoms with Crippen molar-refractivity contribution < 1.29 is 23.5 Å². The zero-order valence-electron chi connectivity index (χ0n) is 16.3. The van der Waals surface area contributed by atoms with E-state index in [2.05, 4.69) is 21.2 Å². The Kier molecular flexibility index (Phi) is 6.03. The van der Waals surface area contributed by atoms with E-state index in [0.717, 1.165) is 15.1 Å². The summed E-state index contributed by atoms with van der Waals surface area (Å²) in [5, 5.41) is 2.20. The first kappa shape index (κ1) is 20.7. The lowest BCUT2D eigenvalue weighted by atomic mass is 10.1. The normalized spacial score (nSPS) is 15.5. The number of carbonyl (C=O) groups excluding carboxylic acids is 3. The molecule has 158 valence electrons. The number of ether oxygens (including phenoxy) is 1. The number of aromatic nitrogens is 1. The van der Waals surface area contributed by atoms with E-state index in [0.29, 0.717) is 24.6 Å². The summed E-state index contributed by atoms with van der Waals surface area (Å²) >= 11 is 3.38. The highest BCUT2D eigenvalue weighted by atomic mass is 79.9. The van der Waals surface area contributed by atoms with Crippen LogP contribution in [0.15, 0.2) is 75.5 Å². The molecule has 31 heavy (non-hydrogen) atoms. The lowest BCUT2D eigenvalue weighted by Crippen LogP contribution is -2.53. The zero-order chi connectivity index (χ0) is 21.8. The second kappa shape index (κ2) is 9.05. The Labute approximate surface area is 186 Å². The van der Waals surface area contributed by atoms with Crippen molar-refractivity contribution in [3.8, 4) is 5.75 Å². The van der Waals surface area contributed by atoms with E-state index in [1.807, 2.05) is 41.1 Å². The third kappa shape index (κ3) is 4.77. The van der Waals surface area contributed by atoms with E-state index in [9.17, 15) is 14.4 Å². The largest absolute Gasteiger partial charge is 0.492 e. The van der Waals surface area contributed by atoms with E-state index in [4.69, 9.17) is 9.15 Å². The Morgan fingerprint density at radius 3 is 2.61 bits per heavy atom. The molecule has 0 aliphatic carbocycles. The van der Waals surface area contributed by atoms with Crippen molar-refractivity contribution >= 4 is 39.9 Å².